The molecule has 0 fully saturated rings. The summed E-state index contributed by atoms with van der Waals surface area (Å²) in [7, 11) is 1.65. The Bertz CT molecular complexity index is 838. The van der Waals surface area contributed by atoms with Gasteiger partial charge in [0.05, 0.1) is 7.11 Å². The Morgan fingerprint density at radius 2 is 1.88 bits per heavy atom. The Morgan fingerprint density at radius 1 is 1.08 bits per heavy atom. The largest absolute Gasteiger partial charge is 0.493 e. The molecule has 0 aliphatic heterocycles. The van der Waals surface area contributed by atoms with Crippen molar-refractivity contribution < 1.29 is 9.47 Å². The minimum Gasteiger partial charge on any atom is -0.493 e. The zero-order valence-corrected chi connectivity index (χ0v) is 17.5. The summed E-state index contributed by atoms with van der Waals surface area (Å²) in [4.78, 5) is 1.32. The van der Waals surface area contributed by atoms with Gasteiger partial charge in [0.25, 0.3) is 0 Å². The Labute approximate surface area is 171 Å². The van der Waals surface area contributed by atoms with Crippen molar-refractivity contribution in [3.63, 3.8) is 0 Å². The molecule has 0 spiro atoms. The lowest BCUT2D eigenvalue weighted by Gasteiger charge is -2.14. The second-order valence-electron chi connectivity index (χ2n) is 5.69. The van der Waals surface area contributed by atoms with Gasteiger partial charge in [-0.1, -0.05) is 45.7 Å². The third-order valence-electron chi connectivity index (χ3n) is 3.84. The zero-order chi connectivity index (χ0) is 18.4. The molecule has 0 aliphatic rings. The van der Waals surface area contributed by atoms with Crippen LogP contribution in [0, 0.1) is 0 Å². The highest BCUT2D eigenvalue weighted by Gasteiger charge is 2.11. The van der Waals surface area contributed by atoms with E-state index < -0.39 is 0 Å². The number of ether oxygens (including phenoxy) is 2. The van der Waals surface area contributed by atoms with E-state index in [0.717, 1.165) is 34.4 Å². The molecule has 0 radical (unpaired) electrons. The van der Waals surface area contributed by atoms with Gasteiger partial charge in [0.15, 0.2) is 11.5 Å². The van der Waals surface area contributed by atoms with E-state index in [4.69, 9.17) is 21.1 Å². The van der Waals surface area contributed by atoms with Gasteiger partial charge in [-0.3, -0.25) is 0 Å². The molecule has 0 atom stereocenters. The Morgan fingerprint density at radius 3 is 2.58 bits per heavy atom. The lowest BCUT2D eigenvalue weighted by Crippen LogP contribution is -2.12. The van der Waals surface area contributed by atoms with Crippen LogP contribution in [0.2, 0.25) is 5.02 Å². The maximum Gasteiger partial charge on any atom is 0.162 e. The molecule has 0 aliphatic carbocycles. The number of nitrogens with one attached hydrogen (secondary N) is 1. The molecule has 0 saturated heterocycles. The van der Waals surface area contributed by atoms with Gasteiger partial charge in [-0.15, -0.1) is 11.3 Å². The summed E-state index contributed by atoms with van der Waals surface area (Å²) in [5.41, 5.74) is 2.17. The minimum atomic E-state index is 0.454. The quantitative estimate of drug-likeness (QED) is 0.452. The number of thiophene rings is 1. The van der Waals surface area contributed by atoms with Crippen LogP contribution < -0.4 is 14.8 Å². The van der Waals surface area contributed by atoms with Crippen LogP contribution in [0.1, 0.15) is 16.0 Å². The maximum atomic E-state index is 5.94. The van der Waals surface area contributed by atoms with Crippen molar-refractivity contribution in [3.8, 4) is 11.5 Å². The number of benzene rings is 2. The van der Waals surface area contributed by atoms with Crippen molar-refractivity contribution >= 4 is 38.9 Å². The van der Waals surface area contributed by atoms with Gasteiger partial charge in [0.1, 0.15) is 6.61 Å². The summed E-state index contributed by atoms with van der Waals surface area (Å²) in [5.74, 6) is 1.42. The number of methoxy groups -OCH3 is 1. The monoisotopic (exact) mass is 451 g/mol. The molecular formula is C20H19BrClNO2S. The van der Waals surface area contributed by atoms with E-state index >= 15 is 0 Å². The average molecular weight is 453 g/mol. The number of hydrogen-bond acceptors (Lipinski definition) is 4. The van der Waals surface area contributed by atoms with Crippen molar-refractivity contribution in [1.82, 2.24) is 5.32 Å². The highest BCUT2D eigenvalue weighted by Crippen LogP contribution is 2.34. The molecule has 1 N–H and O–H groups in total. The van der Waals surface area contributed by atoms with Gasteiger partial charge in [-0.2, -0.15) is 0 Å². The van der Waals surface area contributed by atoms with Crippen molar-refractivity contribution in [2.24, 2.45) is 0 Å². The fourth-order valence-electron chi connectivity index (χ4n) is 2.46. The molecule has 3 nitrogen and oxygen atoms in total. The lowest BCUT2D eigenvalue weighted by molar-refractivity contribution is 0.284. The SMILES string of the molecule is COc1cc(CNCc2cccs2)c(Br)cc1OCc1ccc(Cl)cc1. The van der Waals surface area contributed by atoms with Crippen molar-refractivity contribution in [2.75, 3.05) is 7.11 Å². The topological polar surface area (TPSA) is 30.5 Å². The summed E-state index contributed by atoms with van der Waals surface area (Å²) in [6.45, 7) is 2.05. The molecule has 26 heavy (non-hydrogen) atoms. The number of halogens is 2. The van der Waals surface area contributed by atoms with Crippen LogP contribution in [0.4, 0.5) is 0 Å². The molecular weight excluding hydrogens is 434 g/mol. The van der Waals surface area contributed by atoms with Gasteiger partial charge in [0, 0.05) is 27.5 Å². The Balaban J connectivity index is 1.64. The van der Waals surface area contributed by atoms with Crippen LogP contribution >= 0.6 is 38.9 Å². The normalized spacial score (nSPS) is 10.7. The second-order valence-corrected chi connectivity index (χ2v) is 8.02. The third kappa shape index (κ3) is 5.24. The first-order valence-corrected chi connectivity index (χ1v) is 10.2. The molecule has 0 amide bonds. The van der Waals surface area contributed by atoms with Crippen LogP contribution in [0.5, 0.6) is 11.5 Å². The van der Waals surface area contributed by atoms with Crippen LogP contribution in [0.15, 0.2) is 58.4 Å². The van der Waals surface area contributed by atoms with Gasteiger partial charge in [-0.25, -0.2) is 0 Å². The van der Waals surface area contributed by atoms with Crippen LogP contribution in [-0.2, 0) is 19.7 Å². The van der Waals surface area contributed by atoms with Gasteiger partial charge >= 0.3 is 0 Å². The summed E-state index contributed by atoms with van der Waals surface area (Å²) >= 11 is 11.3. The average Bonchev–Trinajstić information content (AvgIpc) is 3.16. The summed E-state index contributed by atoms with van der Waals surface area (Å²) in [5, 5.41) is 6.25. The fourth-order valence-corrected chi connectivity index (χ4v) is 3.72. The van der Waals surface area contributed by atoms with E-state index in [2.05, 4.69) is 38.8 Å². The Kier molecular flexibility index (Phi) is 6.97. The maximum absolute atomic E-state index is 5.94. The van der Waals surface area contributed by atoms with E-state index in [1.165, 1.54) is 4.88 Å². The molecule has 0 bridgehead atoms. The lowest BCUT2D eigenvalue weighted by atomic mass is 10.2. The molecule has 3 rings (SSSR count). The van der Waals surface area contributed by atoms with Gasteiger partial charge < -0.3 is 14.8 Å². The van der Waals surface area contributed by atoms with Crippen LogP contribution in [-0.4, -0.2) is 7.11 Å². The zero-order valence-electron chi connectivity index (χ0n) is 14.3. The highest BCUT2D eigenvalue weighted by atomic mass is 79.9. The van der Waals surface area contributed by atoms with E-state index in [1.54, 1.807) is 18.4 Å². The molecule has 2 aromatic carbocycles. The smallest absolute Gasteiger partial charge is 0.162 e. The molecule has 6 heteroatoms. The van der Waals surface area contributed by atoms with E-state index in [9.17, 15) is 0 Å². The molecule has 0 unspecified atom stereocenters. The van der Waals surface area contributed by atoms with E-state index in [-0.39, 0.29) is 0 Å². The summed E-state index contributed by atoms with van der Waals surface area (Å²) in [6, 6.07) is 15.8. The fraction of sp³-hybridized carbons (Fsp3) is 0.200. The molecule has 1 aromatic heterocycles. The predicted molar refractivity (Wildman–Crippen MR) is 111 cm³/mol. The second kappa shape index (κ2) is 9.42. The molecule has 1 heterocycles. The van der Waals surface area contributed by atoms with Crippen molar-refractivity contribution in [1.29, 1.82) is 0 Å². The first-order valence-electron chi connectivity index (χ1n) is 8.12. The van der Waals surface area contributed by atoms with E-state index in [0.29, 0.717) is 17.4 Å². The van der Waals surface area contributed by atoms with Crippen molar-refractivity contribution in [2.45, 2.75) is 19.7 Å². The molecule has 3 aromatic rings. The van der Waals surface area contributed by atoms with Crippen LogP contribution in [0.3, 0.4) is 0 Å². The number of rotatable bonds is 8. The summed E-state index contributed by atoms with van der Waals surface area (Å²) < 4.78 is 12.4. The van der Waals surface area contributed by atoms with E-state index in [1.807, 2.05) is 36.4 Å². The van der Waals surface area contributed by atoms with Crippen molar-refractivity contribution in [3.05, 3.63) is 79.4 Å². The van der Waals surface area contributed by atoms with Gasteiger partial charge in [-0.05, 0) is 46.8 Å². The standard InChI is InChI=1S/C20H19BrClNO2S/c1-24-19-9-15(11-23-12-17-3-2-8-26-17)18(21)10-20(19)25-13-14-4-6-16(22)7-5-14/h2-10,23H,11-13H2,1H3. The van der Waals surface area contributed by atoms with Gasteiger partial charge in [0.2, 0.25) is 0 Å². The first kappa shape index (κ1) is 19.2. The highest BCUT2D eigenvalue weighted by molar-refractivity contribution is 9.10. The van der Waals surface area contributed by atoms with Crippen LogP contribution in [0.25, 0.3) is 0 Å². The molecule has 0 saturated carbocycles. The number of hydrogen-bond donors (Lipinski definition) is 1. The first-order chi connectivity index (χ1) is 12.7. The summed E-state index contributed by atoms with van der Waals surface area (Å²) in [6.07, 6.45) is 0. The minimum absolute atomic E-state index is 0.454. The Hall–Kier alpha value is -1.53. The third-order valence-corrected chi connectivity index (χ3v) is 5.70. The predicted octanol–water partition coefficient (Wildman–Crippen LogP) is 6.04. The molecule has 136 valence electrons.